The van der Waals surface area contributed by atoms with E-state index >= 15 is 0 Å². The third-order valence-corrected chi connectivity index (χ3v) is 4.51. The number of esters is 2. The number of nitrogens with zero attached hydrogens (tertiary/aromatic N) is 1. The zero-order valence-corrected chi connectivity index (χ0v) is 17.4. The molecule has 0 bridgehead atoms. The van der Waals surface area contributed by atoms with Gasteiger partial charge in [-0.2, -0.15) is 0 Å². The zero-order valence-electron chi connectivity index (χ0n) is 16.7. The number of carbonyl (C=O) groups is 3. The second-order valence-corrected chi connectivity index (χ2v) is 6.64. The lowest BCUT2D eigenvalue weighted by Gasteiger charge is -2.31. The van der Waals surface area contributed by atoms with E-state index in [0.29, 0.717) is 0 Å². The van der Waals surface area contributed by atoms with E-state index in [9.17, 15) is 24.5 Å². The number of hydrogen-bond acceptors (Lipinski definition) is 9. The Hall–Kier alpha value is -3.60. The summed E-state index contributed by atoms with van der Waals surface area (Å²) in [6.07, 6.45) is -1.08. The van der Waals surface area contributed by atoms with E-state index in [0.717, 1.165) is 7.11 Å². The molecule has 0 aliphatic carbocycles. The average molecular weight is 454 g/mol. The molecule has 1 aromatic carbocycles. The first-order valence-corrected chi connectivity index (χ1v) is 9.43. The first-order chi connectivity index (χ1) is 14.7. The number of alkyl halides is 1. The van der Waals surface area contributed by atoms with Crippen molar-refractivity contribution in [3.05, 3.63) is 62.5 Å². The molecule has 0 saturated heterocycles. The molecule has 1 atom stereocenters. The van der Waals surface area contributed by atoms with Gasteiger partial charge in [0.2, 0.25) is 0 Å². The summed E-state index contributed by atoms with van der Waals surface area (Å²) in [6, 6.07) is 5.43. The molecule has 31 heavy (non-hydrogen) atoms. The number of rotatable bonds is 8. The first kappa shape index (κ1) is 23.7. The van der Waals surface area contributed by atoms with Gasteiger partial charge < -0.3 is 25.3 Å². The lowest BCUT2D eigenvalue weighted by molar-refractivity contribution is -0.384. The summed E-state index contributed by atoms with van der Waals surface area (Å²) >= 11 is 5.60. The number of carbonyl (C=O) groups excluding carboxylic acids is 3. The summed E-state index contributed by atoms with van der Waals surface area (Å²) in [5.74, 6) is -2.69. The van der Waals surface area contributed by atoms with Crippen LogP contribution in [0, 0.1) is 10.1 Å². The molecule has 11 nitrogen and oxygen atoms in total. The summed E-state index contributed by atoms with van der Waals surface area (Å²) in [5.41, 5.74) is 5.35. The number of non-ortho nitro benzene ring substituents is 1. The highest BCUT2D eigenvalue weighted by Gasteiger charge is 2.39. The highest BCUT2D eigenvalue weighted by molar-refractivity contribution is 6.18. The van der Waals surface area contributed by atoms with Gasteiger partial charge in [-0.3, -0.25) is 10.1 Å². The van der Waals surface area contributed by atoms with E-state index in [1.165, 1.54) is 24.3 Å². The van der Waals surface area contributed by atoms with Gasteiger partial charge in [-0.15, -0.1) is 11.6 Å². The van der Waals surface area contributed by atoms with Gasteiger partial charge in [0.05, 0.1) is 40.7 Å². The van der Waals surface area contributed by atoms with Crippen LogP contribution in [0.25, 0.3) is 0 Å². The smallest absolute Gasteiger partial charge is 0.404 e. The zero-order chi connectivity index (χ0) is 23.1. The molecule has 1 aliphatic rings. The van der Waals surface area contributed by atoms with Crippen molar-refractivity contribution >= 4 is 35.3 Å². The summed E-state index contributed by atoms with van der Waals surface area (Å²) in [4.78, 5) is 47.3. The SMILES string of the molecule is COC(=O)C1=C(COC(N)=O)NC(C)=C(C(=O)OCCCl)C1c1cccc([N+](=O)[O-])c1. The molecule has 1 heterocycles. The van der Waals surface area contributed by atoms with Crippen molar-refractivity contribution in [1.82, 2.24) is 5.32 Å². The van der Waals surface area contributed by atoms with E-state index in [1.54, 1.807) is 6.92 Å². The molecule has 3 N–H and O–H groups in total. The Morgan fingerprint density at radius 2 is 1.94 bits per heavy atom. The van der Waals surface area contributed by atoms with Crippen LogP contribution in [0.5, 0.6) is 0 Å². The lowest BCUT2D eigenvalue weighted by atomic mass is 9.80. The number of allylic oxidation sites excluding steroid dienone is 1. The molecule has 2 rings (SSSR count). The Morgan fingerprint density at radius 1 is 1.23 bits per heavy atom. The highest BCUT2D eigenvalue weighted by Crippen LogP contribution is 2.40. The van der Waals surface area contributed by atoms with E-state index in [2.05, 4.69) is 5.32 Å². The third kappa shape index (κ3) is 5.51. The van der Waals surface area contributed by atoms with Crippen LogP contribution in [-0.2, 0) is 23.8 Å². The number of nitrogens with two attached hydrogens (primary N) is 1. The van der Waals surface area contributed by atoms with Gasteiger partial charge in [0.25, 0.3) is 5.69 Å². The Labute approximate surface area is 181 Å². The molecule has 0 aromatic heterocycles. The largest absolute Gasteiger partial charge is 0.466 e. The van der Waals surface area contributed by atoms with E-state index in [4.69, 9.17) is 31.5 Å². The second-order valence-electron chi connectivity index (χ2n) is 6.27. The average Bonchev–Trinajstić information content (AvgIpc) is 2.74. The molecule has 12 heteroatoms. The van der Waals surface area contributed by atoms with Crippen molar-refractivity contribution < 1.29 is 33.5 Å². The fourth-order valence-electron chi connectivity index (χ4n) is 3.14. The molecule has 1 unspecified atom stereocenters. The maximum Gasteiger partial charge on any atom is 0.404 e. The maximum atomic E-state index is 12.8. The number of nitro groups is 1. The molecule has 0 radical (unpaired) electrons. The van der Waals surface area contributed by atoms with Crippen molar-refractivity contribution in [2.75, 3.05) is 26.2 Å². The molecule has 0 saturated carbocycles. The number of benzene rings is 1. The van der Waals surface area contributed by atoms with Gasteiger partial charge in [-0.05, 0) is 12.5 Å². The van der Waals surface area contributed by atoms with E-state index in [-0.39, 0.29) is 46.3 Å². The minimum Gasteiger partial charge on any atom is -0.466 e. The van der Waals surface area contributed by atoms with Gasteiger partial charge >= 0.3 is 18.0 Å². The molecular formula is C19H20ClN3O8. The van der Waals surface area contributed by atoms with Crippen molar-refractivity contribution in [3.63, 3.8) is 0 Å². The molecule has 1 amide bonds. The van der Waals surface area contributed by atoms with Crippen LogP contribution in [0.15, 0.2) is 46.8 Å². The molecule has 0 fully saturated rings. The van der Waals surface area contributed by atoms with Crippen molar-refractivity contribution in [2.45, 2.75) is 12.8 Å². The molecule has 166 valence electrons. The molecule has 1 aliphatic heterocycles. The maximum absolute atomic E-state index is 12.8. The number of methoxy groups -OCH3 is 1. The van der Waals surface area contributed by atoms with E-state index < -0.39 is 35.5 Å². The quantitative estimate of drug-likeness (QED) is 0.197. The van der Waals surface area contributed by atoms with Crippen molar-refractivity contribution in [1.29, 1.82) is 0 Å². The van der Waals surface area contributed by atoms with Gasteiger partial charge in [0.1, 0.15) is 13.2 Å². The minimum atomic E-state index is -1.11. The van der Waals surface area contributed by atoms with Gasteiger partial charge in [-0.1, -0.05) is 12.1 Å². The Morgan fingerprint density at radius 3 is 2.52 bits per heavy atom. The topological polar surface area (TPSA) is 160 Å². The Kier molecular flexibility index (Phi) is 7.97. The van der Waals surface area contributed by atoms with Gasteiger partial charge in [-0.25, -0.2) is 14.4 Å². The monoisotopic (exact) mass is 453 g/mol. The van der Waals surface area contributed by atoms with Crippen LogP contribution >= 0.6 is 11.6 Å². The number of nitro benzene ring substituents is 1. The molecule has 0 spiro atoms. The predicted octanol–water partition coefficient (Wildman–Crippen LogP) is 1.86. The minimum absolute atomic E-state index is 0.0221. The summed E-state index contributed by atoms with van der Waals surface area (Å²) in [6.45, 7) is 1.03. The molecular weight excluding hydrogens is 434 g/mol. The Bertz CT molecular complexity index is 973. The number of hydrogen-bond donors (Lipinski definition) is 2. The normalized spacial score (nSPS) is 15.8. The number of halogens is 1. The van der Waals surface area contributed by atoms with E-state index in [1.807, 2.05) is 0 Å². The first-order valence-electron chi connectivity index (χ1n) is 8.90. The Balaban J connectivity index is 2.72. The number of nitrogens with one attached hydrogen (secondary N) is 1. The van der Waals surface area contributed by atoms with Crippen LogP contribution in [0.2, 0.25) is 0 Å². The second kappa shape index (κ2) is 10.4. The third-order valence-electron chi connectivity index (χ3n) is 4.35. The fraction of sp³-hybridized carbons (Fsp3) is 0.316. The van der Waals surface area contributed by atoms with Crippen molar-refractivity contribution in [3.8, 4) is 0 Å². The predicted molar refractivity (Wildman–Crippen MR) is 108 cm³/mol. The highest BCUT2D eigenvalue weighted by atomic mass is 35.5. The summed E-state index contributed by atoms with van der Waals surface area (Å²) in [7, 11) is 1.13. The fourth-order valence-corrected chi connectivity index (χ4v) is 3.21. The van der Waals surface area contributed by atoms with Crippen LogP contribution in [0.1, 0.15) is 18.4 Å². The van der Waals surface area contributed by atoms with Crippen molar-refractivity contribution in [2.24, 2.45) is 5.73 Å². The molecule has 1 aromatic rings. The summed E-state index contributed by atoms with van der Waals surface area (Å²) < 4.78 is 14.8. The van der Waals surface area contributed by atoms with Gasteiger partial charge in [0, 0.05) is 17.8 Å². The summed E-state index contributed by atoms with van der Waals surface area (Å²) in [5, 5.41) is 14.1. The van der Waals surface area contributed by atoms with Crippen LogP contribution < -0.4 is 11.1 Å². The lowest BCUT2D eigenvalue weighted by Crippen LogP contribution is -2.35. The number of ether oxygens (including phenoxy) is 3. The standard InChI is InChI=1S/C19H20ClN3O8/c1-10-14(18(25)30-7-6-20)15(11-4-3-5-12(8-11)23(27)28)16(17(24)29-2)13(22-10)9-31-19(21)26/h3-5,8,15,22H,6-7,9H2,1-2H3,(H2,21,26). The van der Waals surface area contributed by atoms with Gasteiger partial charge in [0.15, 0.2) is 0 Å². The number of dihydropyridines is 1. The number of primary amides is 1. The number of amides is 1. The van der Waals surface area contributed by atoms with Crippen LogP contribution in [0.4, 0.5) is 10.5 Å². The van der Waals surface area contributed by atoms with Crippen LogP contribution in [0.3, 0.4) is 0 Å². The van der Waals surface area contributed by atoms with Crippen LogP contribution in [-0.4, -0.2) is 49.2 Å².